The number of unbranched alkanes of at least 4 members (excludes halogenated alkanes) is 2. The molecule has 104 valence electrons. The summed E-state index contributed by atoms with van der Waals surface area (Å²) >= 11 is 0. The monoisotopic (exact) mass is 263 g/mol. The van der Waals surface area contributed by atoms with Crippen LogP contribution < -0.4 is 0 Å². The summed E-state index contributed by atoms with van der Waals surface area (Å²) in [4.78, 5) is 22.6. The van der Waals surface area contributed by atoms with Crippen molar-refractivity contribution in [2.24, 2.45) is 0 Å². The van der Waals surface area contributed by atoms with Crippen LogP contribution in [0.5, 0.6) is 0 Å². The SMILES string of the molecule is CCCCCC(=O)c1ccc([N+](=O)[O-])c(C(C)C)c1. The normalized spacial score (nSPS) is 10.7. The van der Waals surface area contributed by atoms with Gasteiger partial charge in [-0.3, -0.25) is 14.9 Å². The molecule has 0 N–H and O–H groups in total. The number of nitrogens with zero attached hydrogens (tertiary/aromatic N) is 1. The van der Waals surface area contributed by atoms with E-state index in [1.807, 2.05) is 13.8 Å². The van der Waals surface area contributed by atoms with Gasteiger partial charge in [-0.25, -0.2) is 0 Å². The zero-order valence-electron chi connectivity index (χ0n) is 11.8. The van der Waals surface area contributed by atoms with Crippen molar-refractivity contribution < 1.29 is 9.72 Å². The van der Waals surface area contributed by atoms with Gasteiger partial charge in [0.15, 0.2) is 5.78 Å². The van der Waals surface area contributed by atoms with Crippen molar-refractivity contribution in [2.45, 2.75) is 52.4 Å². The zero-order chi connectivity index (χ0) is 14.4. The quantitative estimate of drug-likeness (QED) is 0.315. The van der Waals surface area contributed by atoms with Crippen LogP contribution in [0.3, 0.4) is 0 Å². The Balaban J connectivity index is 2.95. The van der Waals surface area contributed by atoms with Crippen LogP contribution in [0.1, 0.15) is 68.3 Å². The first-order valence-corrected chi connectivity index (χ1v) is 6.78. The maximum absolute atomic E-state index is 12.0. The van der Waals surface area contributed by atoms with Crippen LogP contribution in [-0.2, 0) is 0 Å². The van der Waals surface area contributed by atoms with Gasteiger partial charge in [0.1, 0.15) is 0 Å². The minimum absolute atomic E-state index is 0.0313. The molecule has 0 radical (unpaired) electrons. The lowest BCUT2D eigenvalue weighted by Crippen LogP contribution is -2.03. The number of rotatable bonds is 7. The number of nitro groups is 1. The van der Waals surface area contributed by atoms with E-state index in [1.165, 1.54) is 6.07 Å². The molecule has 0 fully saturated rings. The standard InChI is InChI=1S/C15H21NO3/c1-4-5-6-7-15(17)12-8-9-14(16(18)19)13(10-12)11(2)3/h8-11H,4-7H2,1-3H3. The van der Waals surface area contributed by atoms with Crippen LogP contribution >= 0.6 is 0 Å². The number of carbonyl (C=O) groups is 1. The summed E-state index contributed by atoms with van der Waals surface area (Å²) in [6.45, 7) is 5.88. The van der Waals surface area contributed by atoms with Crippen molar-refractivity contribution in [3.63, 3.8) is 0 Å². The van der Waals surface area contributed by atoms with E-state index >= 15 is 0 Å². The second kappa shape index (κ2) is 7.02. The smallest absolute Gasteiger partial charge is 0.272 e. The summed E-state index contributed by atoms with van der Waals surface area (Å²) < 4.78 is 0. The Morgan fingerprint density at radius 3 is 2.53 bits per heavy atom. The van der Waals surface area contributed by atoms with E-state index in [2.05, 4.69) is 6.92 Å². The lowest BCUT2D eigenvalue weighted by Gasteiger charge is -2.08. The van der Waals surface area contributed by atoms with Crippen molar-refractivity contribution >= 4 is 11.5 Å². The van der Waals surface area contributed by atoms with Gasteiger partial charge in [0.25, 0.3) is 5.69 Å². The molecule has 4 nitrogen and oxygen atoms in total. The predicted molar refractivity (Wildman–Crippen MR) is 75.7 cm³/mol. The molecule has 0 saturated heterocycles. The largest absolute Gasteiger partial charge is 0.294 e. The first kappa shape index (κ1) is 15.3. The highest BCUT2D eigenvalue weighted by Gasteiger charge is 2.18. The fourth-order valence-corrected chi connectivity index (χ4v) is 2.04. The molecule has 0 aliphatic rings. The minimum Gasteiger partial charge on any atom is -0.294 e. The van der Waals surface area contributed by atoms with Crippen LogP contribution in [0.2, 0.25) is 0 Å². The molecule has 0 aliphatic carbocycles. The van der Waals surface area contributed by atoms with Crippen molar-refractivity contribution in [2.75, 3.05) is 0 Å². The number of Topliss-reactive ketones (excluding diaryl/α,β-unsaturated/α-hetero) is 1. The van der Waals surface area contributed by atoms with Gasteiger partial charge in [-0.1, -0.05) is 33.6 Å². The second-order valence-corrected chi connectivity index (χ2v) is 5.07. The third-order valence-electron chi connectivity index (χ3n) is 3.18. The molecule has 0 bridgehead atoms. The van der Waals surface area contributed by atoms with Crippen LogP contribution in [0.4, 0.5) is 5.69 Å². The van der Waals surface area contributed by atoms with E-state index in [0.717, 1.165) is 19.3 Å². The Kier molecular flexibility index (Phi) is 5.67. The molecule has 0 saturated carbocycles. The fourth-order valence-electron chi connectivity index (χ4n) is 2.04. The van der Waals surface area contributed by atoms with Crippen LogP contribution in [0.15, 0.2) is 18.2 Å². The highest BCUT2D eigenvalue weighted by atomic mass is 16.6. The third kappa shape index (κ3) is 4.16. The molecule has 0 aliphatic heterocycles. The Morgan fingerprint density at radius 2 is 2.00 bits per heavy atom. The molecule has 1 rings (SSSR count). The summed E-state index contributed by atoms with van der Waals surface area (Å²) in [5.74, 6) is 0.106. The van der Waals surface area contributed by atoms with Gasteiger partial charge >= 0.3 is 0 Å². The molecule has 0 aromatic heterocycles. The molecule has 1 aromatic carbocycles. The highest BCUT2D eigenvalue weighted by molar-refractivity contribution is 5.96. The first-order valence-electron chi connectivity index (χ1n) is 6.78. The number of benzene rings is 1. The number of hydrogen-bond donors (Lipinski definition) is 0. The summed E-state index contributed by atoms with van der Waals surface area (Å²) in [5.41, 5.74) is 1.32. The van der Waals surface area contributed by atoms with Crippen molar-refractivity contribution in [3.05, 3.63) is 39.4 Å². The van der Waals surface area contributed by atoms with Crippen molar-refractivity contribution in [1.29, 1.82) is 0 Å². The van der Waals surface area contributed by atoms with E-state index < -0.39 is 0 Å². The molecule has 0 heterocycles. The van der Waals surface area contributed by atoms with E-state index in [-0.39, 0.29) is 22.3 Å². The van der Waals surface area contributed by atoms with Gasteiger partial charge in [-0.15, -0.1) is 0 Å². The first-order chi connectivity index (χ1) is 8.97. The summed E-state index contributed by atoms with van der Waals surface area (Å²) in [6, 6.07) is 4.69. The van der Waals surface area contributed by atoms with Crippen LogP contribution in [0, 0.1) is 10.1 Å². The van der Waals surface area contributed by atoms with Gasteiger partial charge < -0.3 is 0 Å². The Morgan fingerprint density at radius 1 is 1.32 bits per heavy atom. The number of nitro benzene ring substituents is 1. The lowest BCUT2D eigenvalue weighted by atomic mass is 9.96. The minimum atomic E-state index is -0.388. The number of carbonyl (C=O) groups excluding carboxylic acids is 1. The molecule has 4 heteroatoms. The van der Waals surface area contributed by atoms with Crippen LogP contribution in [-0.4, -0.2) is 10.7 Å². The average Bonchev–Trinajstić information content (AvgIpc) is 2.38. The molecule has 0 amide bonds. The number of ketones is 1. The van der Waals surface area contributed by atoms with E-state index in [0.29, 0.717) is 17.5 Å². The second-order valence-electron chi connectivity index (χ2n) is 5.07. The maximum atomic E-state index is 12.0. The van der Waals surface area contributed by atoms with Gasteiger partial charge in [0.05, 0.1) is 4.92 Å². The molecule has 0 spiro atoms. The van der Waals surface area contributed by atoms with E-state index in [4.69, 9.17) is 0 Å². The van der Waals surface area contributed by atoms with Crippen molar-refractivity contribution in [1.82, 2.24) is 0 Å². The predicted octanol–water partition coefficient (Wildman–Crippen LogP) is 4.48. The Hall–Kier alpha value is -1.71. The lowest BCUT2D eigenvalue weighted by molar-refractivity contribution is -0.385. The molecular weight excluding hydrogens is 242 g/mol. The van der Waals surface area contributed by atoms with Crippen molar-refractivity contribution in [3.8, 4) is 0 Å². The van der Waals surface area contributed by atoms with Gasteiger partial charge in [-0.2, -0.15) is 0 Å². The van der Waals surface area contributed by atoms with Gasteiger partial charge in [0.2, 0.25) is 0 Å². The molecule has 1 aromatic rings. The Labute approximate surface area is 114 Å². The molecule has 0 atom stereocenters. The highest BCUT2D eigenvalue weighted by Crippen LogP contribution is 2.27. The fraction of sp³-hybridized carbons (Fsp3) is 0.533. The maximum Gasteiger partial charge on any atom is 0.272 e. The summed E-state index contributed by atoms with van der Waals surface area (Å²) in [6.07, 6.45) is 3.51. The van der Waals surface area contributed by atoms with E-state index in [1.54, 1.807) is 12.1 Å². The van der Waals surface area contributed by atoms with E-state index in [9.17, 15) is 14.9 Å². The molecule has 19 heavy (non-hydrogen) atoms. The average molecular weight is 263 g/mol. The molecular formula is C15H21NO3. The van der Waals surface area contributed by atoms with Crippen LogP contribution in [0.25, 0.3) is 0 Å². The summed E-state index contributed by atoms with van der Waals surface area (Å²) in [7, 11) is 0. The topological polar surface area (TPSA) is 60.2 Å². The molecule has 0 unspecified atom stereocenters. The Bertz CT molecular complexity index is 466. The summed E-state index contributed by atoms with van der Waals surface area (Å²) in [5, 5.41) is 10.9. The zero-order valence-corrected chi connectivity index (χ0v) is 11.8. The van der Waals surface area contributed by atoms with Gasteiger partial charge in [-0.05, 0) is 24.5 Å². The number of hydrogen-bond acceptors (Lipinski definition) is 3. The van der Waals surface area contributed by atoms with Gasteiger partial charge in [0, 0.05) is 23.6 Å². The third-order valence-corrected chi connectivity index (χ3v) is 3.18.